The van der Waals surface area contributed by atoms with Gasteiger partial charge in [-0.1, -0.05) is 44.4 Å². The normalized spacial score (nSPS) is 27.7. The molecule has 10 heteroatoms. The number of piperazine rings is 1. The number of carbonyl (C=O) groups is 3. The molecule has 0 aromatic heterocycles. The van der Waals surface area contributed by atoms with Gasteiger partial charge in [0.1, 0.15) is 17.8 Å². The molecule has 1 unspecified atom stereocenters. The van der Waals surface area contributed by atoms with Crippen molar-refractivity contribution in [3.05, 3.63) is 29.8 Å². The summed E-state index contributed by atoms with van der Waals surface area (Å²) in [5.41, 5.74) is 0.964. The Morgan fingerprint density at radius 2 is 1.83 bits per heavy atom. The van der Waals surface area contributed by atoms with E-state index in [-0.39, 0.29) is 41.8 Å². The first kappa shape index (κ1) is 30.8. The van der Waals surface area contributed by atoms with E-state index in [2.05, 4.69) is 20.9 Å². The molecule has 1 aromatic carbocycles. The van der Waals surface area contributed by atoms with Gasteiger partial charge < -0.3 is 30.3 Å². The van der Waals surface area contributed by atoms with Crippen LogP contribution in [0.4, 0.5) is 0 Å². The Bertz CT molecular complexity index is 1090. The smallest absolute Gasteiger partial charge is 0.246 e. The highest BCUT2D eigenvalue weighted by Crippen LogP contribution is 2.34. The lowest BCUT2D eigenvalue weighted by Crippen LogP contribution is -2.66. The highest BCUT2D eigenvalue weighted by atomic mass is 16.5. The molecule has 1 saturated carbocycles. The summed E-state index contributed by atoms with van der Waals surface area (Å²) in [4.78, 5) is 46.0. The highest BCUT2D eigenvalue weighted by Gasteiger charge is 2.47. The molecule has 6 atom stereocenters. The lowest BCUT2D eigenvalue weighted by atomic mass is 9.82. The minimum absolute atomic E-state index is 0.0629. The summed E-state index contributed by atoms with van der Waals surface area (Å²) in [6.07, 6.45) is 6.64. The average Bonchev–Trinajstić information content (AvgIpc) is 3.41. The van der Waals surface area contributed by atoms with Crippen molar-refractivity contribution in [2.24, 2.45) is 5.92 Å². The van der Waals surface area contributed by atoms with Gasteiger partial charge in [-0.25, -0.2) is 0 Å². The Morgan fingerprint density at radius 1 is 1.05 bits per heavy atom. The summed E-state index contributed by atoms with van der Waals surface area (Å²) < 4.78 is 11.8. The summed E-state index contributed by atoms with van der Waals surface area (Å²) in [6, 6.07) is 6.06. The zero-order chi connectivity index (χ0) is 29.6. The first-order valence-electron chi connectivity index (χ1n) is 16.1. The van der Waals surface area contributed by atoms with Crippen LogP contribution in [0.1, 0.15) is 77.3 Å². The number of fused-ring (bicyclic) bond motifs is 2. The fourth-order valence-electron chi connectivity index (χ4n) is 7.32. The molecular weight excluding hydrogens is 534 g/mol. The zero-order valence-electron chi connectivity index (χ0n) is 25.5. The second-order valence-electron chi connectivity index (χ2n) is 12.3. The Labute approximate surface area is 250 Å². The molecular formula is C32H49N5O5. The lowest BCUT2D eigenvalue weighted by molar-refractivity contribution is -0.149. The summed E-state index contributed by atoms with van der Waals surface area (Å²) in [5, 5.41) is 9.57. The number of hydrogen-bond donors (Lipinski definition) is 3. The molecule has 3 heterocycles. The Kier molecular flexibility index (Phi) is 10.4. The molecule has 3 amide bonds. The van der Waals surface area contributed by atoms with Crippen LogP contribution in [0.2, 0.25) is 0 Å². The largest absolute Gasteiger partial charge is 0.493 e. The number of para-hydroxylation sites is 1. The lowest BCUT2D eigenvalue weighted by Gasteiger charge is -2.45. The first-order valence-corrected chi connectivity index (χ1v) is 16.1. The van der Waals surface area contributed by atoms with Crippen LogP contribution in [0, 0.1) is 5.92 Å². The number of rotatable bonds is 10. The van der Waals surface area contributed by atoms with Crippen LogP contribution < -0.4 is 20.7 Å². The van der Waals surface area contributed by atoms with Gasteiger partial charge in [-0.2, -0.15) is 0 Å². The van der Waals surface area contributed by atoms with Crippen molar-refractivity contribution in [2.45, 2.75) is 102 Å². The third-order valence-electron chi connectivity index (χ3n) is 9.53. The van der Waals surface area contributed by atoms with Gasteiger partial charge in [0.25, 0.3) is 0 Å². The van der Waals surface area contributed by atoms with Crippen LogP contribution in [-0.4, -0.2) is 97.2 Å². The van der Waals surface area contributed by atoms with E-state index in [1.54, 1.807) is 4.90 Å². The number of carbonyl (C=O) groups excluding carboxylic acids is 3. The van der Waals surface area contributed by atoms with Gasteiger partial charge in [-0.3, -0.25) is 19.3 Å². The SMILES string of the molecule is CCN[C@@H](C)C(=O)N[C@H](C(=O)N1C[C@H]2C[C@@H](OCC)CN2C[C@H]1C(=O)NC1CCOc2ccccc21)C1CCCCC1. The first-order chi connectivity index (χ1) is 20.4. The van der Waals surface area contributed by atoms with E-state index in [1.165, 1.54) is 0 Å². The molecule has 3 fully saturated rings. The van der Waals surface area contributed by atoms with Crippen LogP contribution in [0.5, 0.6) is 5.75 Å². The molecule has 0 spiro atoms. The number of amides is 3. The molecule has 2 saturated heterocycles. The van der Waals surface area contributed by atoms with Crippen LogP contribution >= 0.6 is 0 Å². The molecule has 3 N–H and O–H groups in total. The Morgan fingerprint density at radius 3 is 2.60 bits per heavy atom. The van der Waals surface area contributed by atoms with Crippen LogP contribution in [0.25, 0.3) is 0 Å². The van der Waals surface area contributed by atoms with Gasteiger partial charge in [0.2, 0.25) is 17.7 Å². The van der Waals surface area contributed by atoms with Crippen molar-refractivity contribution in [3.63, 3.8) is 0 Å². The summed E-state index contributed by atoms with van der Waals surface area (Å²) in [5.74, 6) is 0.396. The monoisotopic (exact) mass is 583 g/mol. The number of benzene rings is 1. The predicted molar refractivity (Wildman–Crippen MR) is 160 cm³/mol. The summed E-state index contributed by atoms with van der Waals surface area (Å²) in [7, 11) is 0. The summed E-state index contributed by atoms with van der Waals surface area (Å²) >= 11 is 0. The average molecular weight is 584 g/mol. The second kappa shape index (κ2) is 14.2. The molecule has 0 bridgehead atoms. The van der Waals surface area contributed by atoms with Crippen molar-refractivity contribution in [1.82, 2.24) is 25.8 Å². The van der Waals surface area contributed by atoms with Crippen LogP contribution in [-0.2, 0) is 19.1 Å². The van der Waals surface area contributed by atoms with E-state index < -0.39 is 18.1 Å². The predicted octanol–water partition coefficient (Wildman–Crippen LogP) is 2.38. The standard InChI is InChI=1S/C32H49N5O5/c1-4-33-21(3)30(38)35-29(22-11-7-6-8-12-22)32(40)37-18-23-17-24(41-5-2)19-36(23)20-27(37)31(39)34-26-15-16-42-28-14-10-9-13-25(26)28/h9-10,13-14,21-24,26-27,29,33H,4-8,11-12,15-20H2,1-3H3,(H,34,39)(H,35,38)/t21-,23+,24+,26?,27-,29-/m0/s1. The molecule has 0 radical (unpaired) electrons. The van der Waals surface area contributed by atoms with E-state index >= 15 is 0 Å². The van der Waals surface area contributed by atoms with E-state index in [0.29, 0.717) is 39.3 Å². The topological polar surface area (TPSA) is 112 Å². The highest BCUT2D eigenvalue weighted by molar-refractivity contribution is 5.93. The number of ether oxygens (including phenoxy) is 2. The van der Waals surface area contributed by atoms with Gasteiger partial charge in [-0.05, 0) is 51.6 Å². The zero-order valence-corrected chi connectivity index (χ0v) is 25.5. The molecule has 232 valence electrons. The fraction of sp³-hybridized carbons (Fsp3) is 0.719. The van der Waals surface area contributed by atoms with Crippen molar-refractivity contribution < 1.29 is 23.9 Å². The van der Waals surface area contributed by atoms with Crippen molar-refractivity contribution in [1.29, 1.82) is 0 Å². The van der Waals surface area contributed by atoms with E-state index in [9.17, 15) is 14.4 Å². The number of nitrogens with one attached hydrogen (secondary N) is 3. The number of hydrogen-bond acceptors (Lipinski definition) is 7. The van der Waals surface area contributed by atoms with Crippen molar-refractivity contribution >= 4 is 17.7 Å². The summed E-state index contributed by atoms with van der Waals surface area (Å²) in [6.45, 7) is 9.29. The van der Waals surface area contributed by atoms with Crippen molar-refractivity contribution in [3.8, 4) is 5.75 Å². The molecule has 10 nitrogen and oxygen atoms in total. The fourth-order valence-corrected chi connectivity index (χ4v) is 7.32. The molecule has 42 heavy (non-hydrogen) atoms. The molecule has 1 aromatic rings. The van der Waals surface area contributed by atoms with Crippen LogP contribution in [0.15, 0.2) is 24.3 Å². The van der Waals surface area contributed by atoms with Gasteiger partial charge in [0.15, 0.2) is 0 Å². The Balaban J connectivity index is 1.40. The Hall–Kier alpha value is -2.69. The second-order valence-corrected chi connectivity index (χ2v) is 12.3. The maximum absolute atomic E-state index is 14.6. The molecule has 3 aliphatic heterocycles. The van der Waals surface area contributed by atoms with Crippen LogP contribution in [0.3, 0.4) is 0 Å². The molecule has 5 rings (SSSR count). The minimum Gasteiger partial charge on any atom is -0.493 e. The minimum atomic E-state index is -0.654. The quantitative estimate of drug-likeness (QED) is 0.388. The third kappa shape index (κ3) is 6.92. The number of likely N-dealkylation sites (N-methyl/N-ethyl adjacent to an activating group) is 1. The van der Waals surface area contributed by atoms with E-state index in [1.807, 2.05) is 45.0 Å². The maximum Gasteiger partial charge on any atom is 0.246 e. The third-order valence-corrected chi connectivity index (χ3v) is 9.53. The molecule has 4 aliphatic rings. The van der Waals surface area contributed by atoms with E-state index in [4.69, 9.17) is 9.47 Å². The maximum atomic E-state index is 14.6. The van der Waals surface area contributed by atoms with Gasteiger partial charge in [0, 0.05) is 44.3 Å². The van der Waals surface area contributed by atoms with E-state index in [0.717, 1.165) is 56.4 Å². The van der Waals surface area contributed by atoms with Crippen molar-refractivity contribution in [2.75, 3.05) is 39.4 Å². The molecule has 1 aliphatic carbocycles. The van der Waals surface area contributed by atoms with Gasteiger partial charge >= 0.3 is 0 Å². The van der Waals surface area contributed by atoms with Gasteiger partial charge in [0.05, 0.1) is 24.8 Å². The number of nitrogens with zero attached hydrogens (tertiary/aromatic N) is 2. The van der Waals surface area contributed by atoms with Gasteiger partial charge in [-0.15, -0.1) is 0 Å².